The molecule has 0 aromatic carbocycles. The summed E-state index contributed by atoms with van der Waals surface area (Å²) in [5, 5.41) is 3.36. The molecule has 0 aromatic heterocycles. The molecule has 0 unspecified atom stereocenters. The van der Waals surface area contributed by atoms with Crippen molar-refractivity contribution in [2.45, 2.75) is 80.6 Å². The van der Waals surface area contributed by atoms with Gasteiger partial charge < -0.3 is 10.2 Å². The summed E-state index contributed by atoms with van der Waals surface area (Å²) in [5.74, 6) is 1.58. The number of nitrogens with zero attached hydrogens (tertiary/aromatic N) is 1. The maximum absolute atomic E-state index is 12.4. The standard InChI is InChI=1S/C19H33IN2O/c20-17-8-6-16(7-9-17)19(23)21-18-10-12-22(13-11-18)14-15-4-2-1-3-5-15/h15-18H,1-14H2,(H,21,23). The molecule has 4 heteroatoms. The number of alkyl halides is 1. The smallest absolute Gasteiger partial charge is 0.223 e. The molecule has 1 saturated heterocycles. The first-order chi connectivity index (χ1) is 11.2. The molecule has 0 atom stereocenters. The second-order valence-electron chi connectivity index (χ2n) is 8.04. The average Bonchev–Trinajstić information content (AvgIpc) is 2.58. The molecule has 0 aromatic rings. The van der Waals surface area contributed by atoms with Crippen molar-refractivity contribution >= 4 is 28.5 Å². The maximum Gasteiger partial charge on any atom is 0.223 e. The van der Waals surface area contributed by atoms with E-state index in [9.17, 15) is 4.79 Å². The molecular formula is C19H33IN2O. The molecule has 23 heavy (non-hydrogen) atoms. The van der Waals surface area contributed by atoms with E-state index in [4.69, 9.17) is 0 Å². The number of piperidine rings is 1. The van der Waals surface area contributed by atoms with E-state index in [1.54, 1.807) is 0 Å². The topological polar surface area (TPSA) is 32.3 Å². The molecule has 0 radical (unpaired) electrons. The van der Waals surface area contributed by atoms with Crippen LogP contribution in [0.3, 0.4) is 0 Å². The third kappa shape index (κ3) is 5.58. The van der Waals surface area contributed by atoms with Crippen molar-refractivity contribution in [3.63, 3.8) is 0 Å². The summed E-state index contributed by atoms with van der Waals surface area (Å²) in [6.07, 6.45) is 14.2. The lowest BCUT2D eigenvalue weighted by Gasteiger charge is -2.36. The maximum atomic E-state index is 12.4. The van der Waals surface area contributed by atoms with Crippen LogP contribution in [0.15, 0.2) is 0 Å². The Balaban J connectivity index is 1.34. The highest BCUT2D eigenvalue weighted by atomic mass is 127. The van der Waals surface area contributed by atoms with E-state index in [2.05, 4.69) is 32.8 Å². The van der Waals surface area contributed by atoms with Crippen LogP contribution in [0.2, 0.25) is 0 Å². The van der Waals surface area contributed by atoms with Gasteiger partial charge in [0, 0.05) is 35.5 Å². The number of nitrogens with one attached hydrogen (secondary N) is 1. The van der Waals surface area contributed by atoms with Crippen LogP contribution in [0.5, 0.6) is 0 Å². The molecule has 0 spiro atoms. The molecule has 132 valence electrons. The van der Waals surface area contributed by atoms with Crippen molar-refractivity contribution in [2.75, 3.05) is 19.6 Å². The predicted molar refractivity (Wildman–Crippen MR) is 104 cm³/mol. The zero-order valence-electron chi connectivity index (χ0n) is 14.4. The second kappa shape index (κ2) is 9.02. The third-order valence-electron chi connectivity index (χ3n) is 6.20. The SMILES string of the molecule is O=C(NC1CCN(CC2CCCCC2)CC1)C1CCC(I)CC1. The minimum atomic E-state index is 0.293. The lowest BCUT2D eigenvalue weighted by atomic mass is 9.87. The van der Waals surface area contributed by atoms with Gasteiger partial charge in [0.2, 0.25) is 5.91 Å². The summed E-state index contributed by atoms with van der Waals surface area (Å²) in [4.78, 5) is 15.1. The number of rotatable bonds is 4. The fourth-order valence-corrected chi connectivity index (χ4v) is 5.35. The summed E-state index contributed by atoms with van der Waals surface area (Å²) in [6.45, 7) is 3.67. The molecule has 1 amide bonds. The summed E-state index contributed by atoms with van der Waals surface area (Å²) < 4.78 is 0.791. The minimum Gasteiger partial charge on any atom is -0.353 e. The van der Waals surface area contributed by atoms with Crippen molar-refractivity contribution in [1.29, 1.82) is 0 Å². The van der Waals surface area contributed by atoms with E-state index in [0.29, 0.717) is 17.9 Å². The van der Waals surface area contributed by atoms with E-state index >= 15 is 0 Å². The molecule has 1 N–H and O–H groups in total. The van der Waals surface area contributed by atoms with Crippen LogP contribution in [-0.4, -0.2) is 40.4 Å². The lowest BCUT2D eigenvalue weighted by molar-refractivity contribution is -0.126. The largest absolute Gasteiger partial charge is 0.353 e. The van der Waals surface area contributed by atoms with E-state index in [1.165, 1.54) is 64.6 Å². The Kier molecular flexibility index (Phi) is 7.05. The summed E-state index contributed by atoms with van der Waals surface area (Å²) in [7, 11) is 0. The lowest BCUT2D eigenvalue weighted by Crippen LogP contribution is -2.47. The highest BCUT2D eigenvalue weighted by Crippen LogP contribution is 2.29. The van der Waals surface area contributed by atoms with Crippen molar-refractivity contribution < 1.29 is 4.79 Å². The predicted octanol–water partition coefficient (Wildman–Crippen LogP) is 4.14. The van der Waals surface area contributed by atoms with Gasteiger partial charge in [-0.25, -0.2) is 0 Å². The van der Waals surface area contributed by atoms with Gasteiger partial charge in [0.1, 0.15) is 0 Å². The summed E-state index contributed by atoms with van der Waals surface area (Å²) in [6, 6.07) is 0.433. The van der Waals surface area contributed by atoms with Gasteiger partial charge in [-0.2, -0.15) is 0 Å². The van der Waals surface area contributed by atoms with Crippen LogP contribution in [0, 0.1) is 11.8 Å². The van der Waals surface area contributed by atoms with E-state index in [1.807, 2.05) is 0 Å². The number of amides is 1. The fourth-order valence-electron chi connectivity index (χ4n) is 4.63. The number of carbonyl (C=O) groups is 1. The van der Waals surface area contributed by atoms with Crippen LogP contribution < -0.4 is 5.32 Å². The molecular weight excluding hydrogens is 399 g/mol. The molecule has 1 aliphatic heterocycles. The van der Waals surface area contributed by atoms with Gasteiger partial charge in [0.05, 0.1) is 0 Å². The van der Waals surface area contributed by atoms with Gasteiger partial charge in [-0.3, -0.25) is 4.79 Å². The Labute approximate surface area is 155 Å². The van der Waals surface area contributed by atoms with Crippen LogP contribution >= 0.6 is 22.6 Å². The average molecular weight is 432 g/mol. The molecule has 2 aliphatic carbocycles. The van der Waals surface area contributed by atoms with Crippen LogP contribution in [0.4, 0.5) is 0 Å². The second-order valence-corrected chi connectivity index (χ2v) is 9.80. The number of likely N-dealkylation sites (tertiary alicyclic amines) is 1. The fraction of sp³-hybridized carbons (Fsp3) is 0.947. The molecule has 3 aliphatic rings. The Hall–Kier alpha value is 0.160. The molecule has 1 heterocycles. The molecule has 0 bridgehead atoms. The van der Waals surface area contributed by atoms with E-state index in [0.717, 1.165) is 35.5 Å². The molecule has 3 fully saturated rings. The number of hydrogen-bond donors (Lipinski definition) is 1. The molecule has 3 nitrogen and oxygen atoms in total. The van der Waals surface area contributed by atoms with Crippen LogP contribution in [-0.2, 0) is 4.79 Å². The third-order valence-corrected chi connectivity index (χ3v) is 7.45. The first kappa shape index (κ1) is 18.0. The first-order valence-corrected chi connectivity index (χ1v) is 11.1. The quantitative estimate of drug-likeness (QED) is 0.535. The molecule has 3 rings (SSSR count). The Morgan fingerprint density at radius 1 is 0.913 bits per heavy atom. The first-order valence-electron chi connectivity index (χ1n) is 9.87. The monoisotopic (exact) mass is 432 g/mol. The van der Waals surface area contributed by atoms with Crippen LogP contribution in [0.1, 0.15) is 70.6 Å². The van der Waals surface area contributed by atoms with Crippen molar-refractivity contribution in [1.82, 2.24) is 10.2 Å². The van der Waals surface area contributed by atoms with E-state index < -0.39 is 0 Å². The van der Waals surface area contributed by atoms with Gasteiger partial charge in [0.25, 0.3) is 0 Å². The normalized spacial score (nSPS) is 31.9. The van der Waals surface area contributed by atoms with Crippen molar-refractivity contribution in [3.05, 3.63) is 0 Å². The van der Waals surface area contributed by atoms with E-state index in [-0.39, 0.29) is 0 Å². The van der Waals surface area contributed by atoms with Crippen molar-refractivity contribution in [2.24, 2.45) is 11.8 Å². The zero-order chi connectivity index (χ0) is 16.1. The van der Waals surface area contributed by atoms with Gasteiger partial charge in [-0.15, -0.1) is 0 Å². The van der Waals surface area contributed by atoms with Crippen molar-refractivity contribution in [3.8, 4) is 0 Å². The Bertz CT molecular complexity index is 368. The number of hydrogen-bond acceptors (Lipinski definition) is 2. The number of halogens is 1. The summed E-state index contributed by atoms with van der Waals surface area (Å²) >= 11 is 2.53. The molecule has 2 saturated carbocycles. The van der Waals surface area contributed by atoms with Gasteiger partial charge in [0.15, 0.2) is 0 Å². The van der Waals surface area contributed by atoms with Crippen LogP contribution in [0.25, 0.3) is 0 Å². The zero-order valence-corrected chi connectivity index (χ0v) is 16.6. The number of carbonyl (C=O) groups excluding carboxylic acids is 1. The highest BCUT2D eigenvalue weighted by molar-refractivity contribution is 14.1. The minimum absolute atomic E-state index is 0.293. The van der Waals surface area contributed by atoms with Gasteiger partial charge in [-0.1, -0.05) is 41.9 Å². The highest BCUT2D eigenvalue weighted by Gasteiger charge is 2.28. The van der Waals surface area contributed by atoms with Gasteiger partial charge in [-0.05, 0) is 57.3 Å². The Morgan fingerprint density at radius 2 is 1.57 bits per heavy atom. The summed E-state index contributed by atoms with van der Waals surface area (Å²) in [5.41, 5.74) is 0. The van der Waals surface area contributed by atoms with Gasteiger partial charge >= 0.3 is 0 Å². The Morgan fingerprint density at radius 3 is 2.22 bits per heavy atom.